The molecule has 7 heteroatoms. The average Bonchev–Trinajstić information content (AvgIpc) is 2.72. The third-order valence-electron chi connectivity index (χ3n) is 3.41. The van der Waals surface area contributed by atoms with Crippen LogP contribution in [0.4, 0.5) is 0 Å². The fourth-order valence-corrected chi connectivity index (χ4v) is 2.46. The zero-order chi connectivity index (χ0) is 19.3. The van der Waals surface area contributed by atoms with E-state index in [1.165, 1.54) is 11.8 Å². The number of amidine groups is 1. The molecule has 0 bridgehead atoms. The van der Waals surface area contributed by atoms with Gasteiger partial charge in [0.15, 0.2) is 5.17 Å². The number of carbonyl (C=O) groups excluding carboxylic acids is 2. The van der Waals surface area contributed by atoms with Gasteiger partial charge in [-0.3, -0.25) is 14.6 Å². The number of aliphatic imine (C=N–C) groups is 1. The van der Waals surface area contributed by atoms with Crippen LogP contribution in [-0.4, -0.2) is 36.5 Å². The number of benzene rings is 2. The molecule has 142 valence electrons. The van der Waals surface area contributed by atoms with Gasteiger partial charge in [0.2, 0.25) is 0 Å². The lowest BCUT2D eigenvalue weighted by molar-refractivity contribution is -0.144. The molecule has 0 atom stereocenters. The molecule has 0 fully saturated rings. The van der Waals surface area contributed by atoms with E-state index in [1.807, 2.05) is 60.7 Å². The number of rotatable bonds is 8. The monoisotopic (exact) mass is 386 g/mol. The minimum absolute atomic E-state index is 0.0223. The molecule has 2 aromatic rings. The van der Waals surface area contributed by atoms with Crippen LogP contribution in [0.3, 0.4) is 0 Å². The van der Waals surface area contributed by atoms with Crippen LogP contribution in [-0.2, 0) is 32.3 Å². The molecule has 0 aromatic heterocycles. The van der Waals surface area contributed by atoms with Gasteiger partial charge in [0.05, 0.1) is 0 Å². The maximum absolute atomic E-state index is 11.8. The summed E-state index contributed by atoms with van der Waals surface area (Å²) in [7, 11) is 0. The molecule has 2 rings (SSSR count). The Morgan fingerprint density at radius 2 is 1.41 bits per heavy atom. The van der Waals surface area contributed by atoms with Crippen LogP contribution < -0.4 is 5.32 Å². The van der Waals surface area contributed by atoms with Crippen LogP contribution in [0.25, 0.3) is 0 Å². The molecule has 0 amide bonds. The van der Waals surface area contributed by atoms with E-state index in [4.69, 9.17) is 9.47 Å². The minimum Gasteiger partial charge on any atom is -0.460 e. The molecule has 6 nitrogen and oxygen atoms in total. The topological polar surface area (TPSA) is 77.0 Å². The van der Waals surface area contributed by atoms with Crippen molar-refractivity contribution < 1.29 is 19.1 Å². The van der Waals surface area contributed by atoms with Gasteiger partial charge in [-0.05, 0) is 17.4 Å². The summed E-state index contributed by atoms with van der Waals surface area (Å²) in [4.78, 5) is 27.7. The van der Waals surface area contributed by atoms with Crippen molar-refractivity contribution in [1.82, 2.24) is 5.32 Å². The second-order valence-electron chi connectivity index (χ2n) is 5.47. The highest BCUT2D eigenvalue weighted by molar-refractivity contribution is 8.13. The van der Waals surface area contributed by atoms with Crippen LogP contribution >= 0.6 is 11.8 Å². The summed E-state index contributed by atoms with van der Waals surface area (Å²) in [6.45, 7) is 0.294. The molecule has 0 radical (unpaired) electrons. The Bertz CT molecular complexity index is 751. The zero-order valence-electron chi connectivity index (χ0n) is 15.1. The van der Waals surface area contributed by atoms with Crippen LogP contribution in [0.2, 0.25) is 0 Å². The van der Waals surface area contributed by atoms with Crippen LogP contribution in [0.1, 0.15) is 11.1 Å². The molecule has 0 aliphatic heterocycles. The summed E-state index contributed by atoms with van der Waals surface area (Å²) in [5.74, 6) is -0.828. The lowest BCUT2D eigenvalue weighted by atomic mass is 10.2. The summed E-state index contributed by atoms with van der Waals surface area (Å²) in [6, 6.07) is 18.9. The van der Waals surface area contributed by atoms with Gasteiger partial charge in [0.1, 0.15) is 26.3 Å². The number of nitrogens with zero attached hydrogens (tertiary/aromatic N) is 1. The molecular formula is C20H22N2O4S. The number of esters is 2. The predicted octanol–water partition coefficient (Wildman–Crippen LogP) is 2.78. The van der Waals surface area contributed by atoms with E-state index < -0.39 is 11.9 Å². The van der Waals surface area contributed by atoms with Crippen LogP contribution in [0.5, 0.6) is 0 Å². The van der Waals surface area contributed by atoms with E-state index in [0.29, 0.717) is 5.17 Å². The van der Waals surface area contributed by atoms with Gasteiger partial charge in [0, 0.05) is 0 Å². The molecule has 0 spiro atoms. The first-order valence-electron chi connectivity index (χ1n) is 8.39. The number of nitrogens with one attached hydrogen (secondary N) is 1. The molecule has 0 saturated carbocycles. The third-order valence-corrected chi connectivity index (χ3v) is 4.07. The van der Waals surface area contributed by atoms with Gasteiger partial charge < -0.3 is 14.8 Å². The third kappa shape index (κ3) is 8.42. The van der Waals surface area contributed by atoms with Crippen LogP contribution in [0, 0.1) is 0 Å². The number of thioether (sulfide) groups is 1. The number of hydrogen-bond donors (Lipinski definition) is 1. The molecule has 27 heavy (non-hydrogen) atoms. The Hall–Kier alpha value is -2.80. The Morgan fingerprint density at radius 3 is 1.93 bits per heavy atom. The zero-order valence-corrected chi connectivity index (χ0v) is 15.9. The Labute approximate surface area is 163 Å². The van der Waals surface area contributed by atoms with Crippen molar-refractivity contribution in [2.75, 3.05) is 19.3 Å². The Morgan fingerprint density at radius 1 is 0.889 bits per heavy atom. The number of ether oxygens (including phenoxy) is 2. The first-order chi connectivity index (χ1) is 13.2. The smallest absolute Gasteiger partial charge is 0.328 e. The van der Waals surface area contributed by atoms with Gasteiger partial charge in [0.25, 0.3) is 0 Å². The van der Waals surface area contributed by atoms with E-state index in [0.717, 1.165) is 11.1 Å². The van der Waals surface area contributed by atoms with Crippen LogP contribution in [0.15, 0.2) is 65.7 Å². The normalized spacial score (nSPS) is 10.9. The van der Waals surface area contributed by atoms with E-state index in [1.54, 1.807) is 6.26 Å². The summed E-state index contributed by atoms with van der Waals surface area (Å²) in [5.41, 5.74) is 1.84. The SMILES string of the molecule is CSC(=NCC(=O)OCc1ccccc1)NCC(=O)OCc1ccccc1. The first kappa shape index (κ1) is 20.5. The fourth-order valence-electron chi connectivity index (χ4n) is 2.05. The first-order valence-corrected chi connectivity index (χ1v) is 9.61. The lowest BCUT2D eigenvalue weighted by Crippen LogP contribution is -2.29. The Kier molecular flexibility index (Phi) is 8.92. The van der Waals surface area contributed by atoms with Crippen molar-refractivity contribution in [3.63, 3.8) is 0 Å². The molecule has 1 N–H and O–H groups in total. The summed E-state index contributed by atoms with van der Waals surface area (Å²) in [5, 5.41) is 3.34. The van der Waals surface area contributed by atoms with Gasteiger partial charge in [-0.1, -0.05) is 72.4 Å². The molecule has 0 saturated heterocycles. The highest BCUT2D eigenvalue weighted by Crippen LogP contribution is 2.02. The largest absolute Gasteiger partial charge is 0.460 e. The summed E-state index contributed by atoms with van der Waals surface area (Å²) < 4.78 is 10.3. The highest BCUT2D eigenvalue weighted by atomic mass is 32.2. The molecule has 0 aliphatic rings. The quantitative estimate of drug-likeness (QED) is 0.427. The van der Waals surface area contributed by atoms with Gasteiger partial charge in [-0.2, -0.15) is 0 Å². The second kappa shape index (κ2) is 11.7. The Balaban J connectivity index is 1.68. The maximum atomic E-state index is 11.8. The standard InChI is InChI=1S/C20H22N2O4S/c1-27-20(21-12-18(23)25-14-16-8-4-2-5-9-16)22-13-19(24)26-15-17-10-6-3-7-11-17/h2-11H,12-15H2,1H3,(H,21,22). The second-order valence-corrected chi connectivity index (χ2v) is 6.27. The molecule has 0 aliphatic carbocycles. The van der Waals surface area contributed by atoms with E-state index in [9.17, 15) is 9.59 Å². The number of carbonyl (C=O) groups is 2. The molecular weight excluding hydrogens is 364 g/mol. The lowest BCUT2D eigenvalue weighted by Gasteiger charge is -2.08. The van der Waals surface area contributed by atoms with Gasteiger partial charge >= 0.3 is 11.9 Å². The summed E-state index contributed by atoms with van der Waals surface area (Å²) in [6.07, 6.45) is 1.80. The number of hydrogen-bond acceptors (Lipinski definition) is 6. The fraction of sp³-hybridized carbons (Fsp3) is 0.250. The van der Waals surface area contributed by atoms with Crippen molar-refractivity contribution in [2.45, 2.75) is 13.2 Å². The van der Waals surface area contributed by atoms with Crippen molar-refractivity contribution in [3.05, 3.63) is 71.8 Å². The van der Waals surface area contributed by atoms with Crippen molar-refractivity contribution >= 4 is 28.9 Å². The minimum atomic E-state index is -0.432. The molecule has 0 heterocycles. The van der Waals surface area contributed by atoms with Crippen molar-refractivity contribution in [2.24, 2.45) is 4.99 Å². The van der Waals surface area contributed by atoms with Crippen molar-refractivity contribution in [1.29, 1.82) is 0 Å². The van der Waals surface area contributed by atoms with E-state index >= 15 is 0 Å². The predicted molar refractivity (Wildman–Crippen MR) is 106 cm³/mol. The average molecular weight is 386 g/mol. The van der Waals surface area contributed by atoms with E-state index in [2.05, 4.69) is 10.3 Å². The maximum Gasteiger partial charge on any atom is 0.328 e. The molecule has 0 unspecified atom stereocenters. The van der Waals surface area contributed by atoms with Crippen molar-refractivity contribution in [3.8, 4) is 0 Å². The van der Waals surface area contributed by atoms with Gasteiger partial charge in [-0.25, -0.2) is 0 Å². The highest BCUT2D eigenvalue weighted by Gasteiger charge is 2.07. The van der Waals surface area contributed by atoms with E-state index in [-0.39, 0.29) is 26.3 Å². The molecule has 2 aromatic carbocycles. The summed E-state index contributed by atoms with van der Waals surface area (Å²) >= 11 is 1.31. The van der Waals surface area contributed by atoms with Gasteiger partial charge in [-0.15, -0.1) is 0 Å².